The lowest BCUT2D eigenvalue weighted by Crippen LogP contribution is -2.27. The molecule has 17 heavy (non-hydrogen) atoms. The molecule has 1 saturated heterocycles. The summed E-state index contributed by atoms with van der Waals surface area (Å²) < 4.78 is 1.52. The summed E-state index contributed by atoms with van der Waals surface area (Å²) in [6.45, 7) is 1.55. The van der Waals surface area contributed by atoms with Crippen molar-refractivity contribution in [3.63, 3.8) is 0 Å². The molecule has 8 nitrogen and oxygen atoms in total. The van der Waals surface area contributed by atoms with Crippen LogP contribution in [0.1, 0.15) is 12.8 Å². The predicted octanol–water partition coefficient (Wildman–Crippen LogP) is 0.345. The Morgan fingerprint density at radius 3 is 3.06 bits per heavy atom. The molecule has 1 aliphatic heterocycles. The fraction of sp³-hybridized carbons (Fsp3) is 0.556. The number of nitro groups is 1. The molecule has 1 fully saturated rings. The van der Waals surface area contributed by atoms with Gasteiger partial charge in [-0.1, -0.05) is 0 Å². The second-order valence-electron chi connectivity index (χ2n) is 3.66. The van der Waals surface area contributed by atoms with Crippen LogP contribution in [0.5, 0.6) is 0 Å². The fourth-order valence-corrected chi connectivity index (χ4v) is 1.56. The minimum Gasteiger partial charge on any atom is -0.358 e. The summed E-state index contributed by atoms with van der Waals surface area (Å²) in [7, 11) is 0. The minimum absolute atomic E-state index is 0.112. The molecule has 8 heteroatoms. The number of nitrogens with zero attached hydrogens (tertiary/aromatic N) is 4. The third kappa shape index (κ3) is 2.78. The van der Waals surface area contributed by atoms with E-state index >= 15 is 0 Å². The van der Waals surface area contributed by atoms with E-state index in [2.05, 4.69) is 4.98 Å². The topological polar surface area (TPSA) is 90.5 Å². The molecule has 0 saturated carbocycles. The lowest BCUT2D eigenvalue weighted by atomic mass is 10.4. The van der Waals surface area contributed by atoms with Gasteiger partial charge in [0.15, 0.2) is 0 Å². The van der Waals surface area contributed by atoms with E-state index in [1.165, 1.54) is 22.2 Å². The Hall–Kier alpha value is -1.96. The van der Waals surface area contributed by atoms with Gasteiger partial charge in [0.1, 0.15) is 6.20 Å². The Balaban J connectivity index is 1.84. The predicted molar refractivity (Wildman–Crippen MR) is 55.8 cm³/mol. The first-order valence-corrected chi connectivity index (χ1v) is 5.26. The van der Waals surface area contributed by atoms with E-state index in [1.54, 1.807) is 0 Å². The zero-order valence-corrected chi connectivity index (χ0v) is 9.11. The Bertz CT molecular complexity index is 424. The number of hydrogen-bond donors (Lipinski definition) is 0. The van der Waals surface area contributed by atoms with Gasteiger partial charge in [-0.2, -0.15) is 0 Å². The Labute approximate surface area is 96.9 Å². The van der Waals surface area contributed by atoms with Crippen molar-refractivity contribution in [3.05, 3.63) is 22.6 Å². The van der Waals surface area contributed by atoms with Crippen LogP contribution >= 0.6 is 0 Å². The fourth-order valence-electron chi connectivity index (χ4n) is 1.56. The van der Waals surface area contributed by atoms with Crippen molar-refractivity contribution in [1.29, 1.82) is 0 Å². The molecule has 0 atom stereocenters. The van der Waals surface area contributed by atoms with Gasteiger partial charge in [0.05, 0.1) is 13.2 Å². The number of carbonyl (C=O) groups is 1. The highest BCUT2D eigenvalue weighted by molar-refractivity contribution is 5.75. The molecule has 0 N–H and O–H groups in total. The smallest absolute Gasteiger partial charge is 0.358 e. The molecule has 2 heterocycles. The third-order valence-electron chi connectivity index (χ3n) is 2.42. The second kappa shape index (κ2) is 4.91. The molecule has 0 aromatic carbocycles. The molecule has 1 aromatic rings. The summed E-state index contributed by atoms with van der Waals surface area (Å²) in [6.07, 6.45) is 3.74. The number of rotatable bonds is 4. The van der Waals surface area contributed by atoms with E-state index in [0.717, 1.165) is 6.42 Å². The molecule has 1 amide bonds. The van der Waals surface area contributed by atoms with E-state index in [9.17, 15) is 14.9 Å². The normalized spacial score (nSPS) is 15.2. The lowest BCUT2D eigenvalue weighted by molar-refractivity contribution is -0.389. The average molecular weight is 240 g/mol. The summed E-state index contributed by atoms with van der Waals surface area (Å²) in [4.78, 5) is 30.1. The van der Waals surface area contributed by atoms with Gasteiger partial charge in [-0.25, -0.2) is 5.06 Å². The van der Waals surface area contributed by atoms with Gasteiger partial charge in [0, 0.05) is 13.0 Å². The third-order valence-corrected chi connectivity index (χ3v) is 2.42. The number of amides is 1. The highest BCUT2D eigenvalue weighted by Crippen LogP contribution is 2.09. The van der Waals surface area contributed by atoms with Crippen LogP contribution in [0.2, 0.25) is 0 Å². The van der Waals surface area contributed by atoms with Gasteiger partial charge in [-0.15, -0.1) is 0 Å². The first-order valence-electron chi connectivity index (χ1n) is 5.26. The quantitative estimate of drug-likeness (QED) is 0.559. The first-order chi connectivity index (χ1) is 8.16. The summed E-state index contributed by atoms with van der Waals surface area (Å²) in [6, 6.07) is 0. The van der Waals surface area contributed by atoms with Gasteiger partial charge in [0.25, 0.3) is 0 Å². The van der Waals surface area contributed by atoms with Crippen LogP contribution in [0.4, 0.5) is 5.82 Å². The Morgan fingerprint density at radius 1 is 1.65 bits per heavy atom. The van der Waals surface area contributed by atoms with Crippen molar-refractivity contribution in [2.45, 2.75) is 19.4 Å². The first kappa shape index (κ1) is 11.5. The number of aryl methyl sites for hydroxylation is 1. The molecule has 0 radical (unpaired) electrons. The number of imidazole rings is 1. The molecule has 0 spiro atoms. The SMILES string of the molecule is O=C(CCn1cnc([N+](=O)[O-])c1)N1CCCO1. The van der Waals surface area contributed by atoms with E-state index in [-0.39, 0.29) is 18.1 Å². The van der Waals surface area contributed by atoms with Gasteiger partial charge >= 0.3 is 5.82 Å². The Kier molecular flexibility index (Phi) is 3.33. The zero-order chi connectivity index (χ0) is 12.3. The van der Waals surface area contributed by atoms with Crippen LogP contribution in [0, 0.1) is 10.1 Å². The maximum atomic E-state index is 11.6. The maximum absolute atomic E-state index is 11.6. The van der Waals surface area contributed by atoms with Crippen LogP contribution in [0.3, 0.4) is 0 Å². The summed E-state index contributed by atoms with van der Waals surface area (Å²) in [5, 5.41) is 11.7. The van der Waals surface area contributed by atoms with E-state index in [0.29, 0.717) is 19.7 Å². The molecule has 0 bridgehead atoms. The molecular weight excluding hydrogens is 228 g/mol. The van der Waals surface area contributed by atoms with Crippen LogP contribution in [-0.2, 0) is 16.2 Å². The van der Waals surface area contributed by atoms with E-state index < -0.39 is 4.92 Å². The molecular formula is C9H12N4O4. The van der Waals surface area contributed by atoms with Gasteiger partial charge in [0.2, 0.25) is 12.2 Å². The minimum atomic E-state index is -0.568. The number of hydroxylamine groups is 2. The van der Waals surface area contributed by atoms with Crippen molar-refractivity contribution >= 4 is 11.7 Å². The molecule has 1 aliphatic rings. The van der Waals surface area contributed by atoms with Crippen molar-refractivity contribution in [2.75, 3.05) is 13.2 Å². The molecule has 2 rings (SSSR count). The van der Waals surface area contributed by atoms with Gasteiger partial charge in [-0.05, 0) is 16.3 Å². The average Bonchev–Trinajstić information content (AvgIpc) is 2.97. The summed E-state index contributed by atoms with van der Waals surface area (Å²) in [5.74, 6) is -0.325. The molecule has 92 valence electrons. The Morgan fingerprint density at radius 2 is 2.47 bits per heavy atom. The van der Waals surface area contributed by atoms with E-state index in [1.807, 2.05) is 0 Å². The highest BCUT2D eigenvalue weighted by atomic mass is 16.7. The van der Waals surface area contributed by atoms with Crippen LogP contribution in [-0.4, -0.2) is 38.6 Å². The monoisotopic (exact) mass is 240 g/mol. The van der Waals surface area contributed by atoms with Crippen LogP contribution in [0.15, 0.2) is 12.5 Å². The van der Waals surface area contributed by atoms with E-state index in [4.69, 9.17) is 4.84 Å². The van der Waals surface area contributed by atoms with Crippen LogP contribution < -0.4 is 0 Å². The number of aromatic nitrogens is 2. The summed E-state index contributed by atoms with van der Waals surface area (Å²) >= 11 is 0. The van der Waals surface area contributed by atoms with Crippen molar-refractivity contribution < 1.29 is 14.6 Å². The molecule has 0 unspecified atom stereocenters. The molecule has 1 aromatic heterocycles. The number of hydrogen-bond acceptors (Lipinski definition) is 5. The summed E-state index contributed by atoms with van der Waals surface area (Å²) in [5.41, 5.74) is 0. The van der Waals surface area contributed by atoms with Crippen molar-refractivity contribution in [3.8, 4) is 0 Å². The lowest BCUT2D eigenvalue weighted by Gasteiger charge is -2.13. The van der Waals surface area contributed by atoms with Gasteiger partial charge < -0.3 is 14.7 Å². The highest BCUT2D eigenvalue weighted by Gasteiger charge is 2.19. The van der Waals surface area contributed by atoms with Crippen LogP contribution in [0.25, 0.3) is 0 Å². The maximum Gasteiger partial charge on any atom is 0.381 e. The van der Waals surface area contributed by atoms with Gasteiger partial charge in [-0.3, -0.25) is 9.63 Å². The number of carbonyl (C=O) groups excluding carboxylic acids is 1. The standard InChI is InChI=1S/C9H12N4O4/c14-9(12-3-1-5-17-12)2-4-11-6-8(10-7-11)13(15)16/h6-7H,1-5H2. The zero-order valence-electron chi connectivity index (χ0n) is 9.11. The second-order valence-corrected chi connectivity index (χ2v) is 3.66. The largest absolute Gasteiger partial charge is 0.381 e. The van der Waals surface area contributed by atoms with Crippen molar-refractivity contribution in [1.82, 2.24) is 14.6 Å². The van der Waals surface area contributed by atoms with Crippen molar-refractivity contribution in [2.24, 2.45) is 0 Å². The molecule has 0 aliphatic carbocycles.